The van der Waals surface area contributed by atoms with E-state index in [4.69, 9.17) is 4.74 Å². The topological polar surface area (TPSA) is 87.9 Å². The number of hydrogen-bond donors (Lipinski definition) is 1. The first kappa shape index (κ1) is 22.3. The maximum Gasteiger partial charge on any atom is 0.225 e. The molecule has 0 unspecified atom stereocenters. The number of rotatable bonds is 7. The van der Waals surface area contributed by atoms with Crippen molar-refractivity contribution in [3.63, 3.8) is 0 Å². The van der Waals surface area contributed by atoms with Gasteiger partial charge in [0.1, 0.15) is 16.8 Å². The number of nitrogens with zero attached hydrogens (tertiary/aromatic N) is 3. The SMILES string of the molecule is COc1ccc(-c2ccc(C#N)c(SCCC(=O)Nc3cc(C)nc4ccccc34)n2)cc1. The van der Waals surface area contributed by atoms with E-state index in [1.807, 2.05) is 67.6 Å². The Morgan fingerprint density at radius 1 is 1.09 bits per heavy atom. The van der Waals surface area contributed by atoms with Crippen molar-refractivity contribution in [3.8, 4) is 23.1 Å². The van der Waals surface area contributed by atoms with E-state index in [0.717, 1.165) is 39.3 Å². The van der Waals surface area contributed by atoms with E-state index < -0.39 is 0 Å². The maximum absolute atomic E-state index is 12.6. The number of carbonyl (C=O) groups excluding carboxylic acids is 1. The highest BCUT2D eigenvalue weighted by Crippen LogP contribution is 2.27. The van der Waals surface area contributed by atoms with Gasteiger partial charge in [0.15, 0.2) is 0 Å². The molecule has 0 aliphatic carbocycles. The zero-order valence-corrected chi connectivity index (χ0v) is 19.1. The molecule has 1 N–H and O–H groups in total. The van der Waals surface area contributed by atoms with Crippen LogP contribution in [0.5, 0.6) is 5.75 Å². The van der Waals surface area contributed by atoms with Crippen LogP contribution in [0, 0.1) is 18.3 Å². The number of nitriles is 1. The summed E-state index contributed by atoms with van der Waals surface area (Å²) in [6.45, 7) is 1.91. The maximum atomic E-state index is 12.6. The summed E-state index contributed by atoms with van der Waals surface area (Å²) in [6.07, 6.45) is 0.291. The van der Waals surface area contributed by atoms with Gasteiger partial charge in [-0.25, -0.2) is 4.98 Å². The van der Waals surface area contributed by atoms with E-state index in [9.17, 15) is 10.1 Å². The van der Waals surface area contributed by atoms with Crippen LogP contribution < -0.4 is 10.1 Å². The highest BCUT2D eigenvalue weighted by atomic mass is 32.2. The molecule has 6 nitrogen and oxygen atoms in total. The van der Waals surface area contributed by atoms with Crippen LogP contribution in [0.25, 0.3) is 22.2 Å². The molecule has 2 aromatic heterocycles. The summed E-state index contributed by atoms with van der Waals surface area (Å²) in [4.78, 5) is 21.8. The second-order valence-electron chi connectivity index (χ2n) is 7.36. The van der Waals surface area contributed by atoms with Crippen molar-refractivity contribution >= 4 is 34.3 Å². The molecule has 7 heteroatoms. The van der Waals surface area contributed by atoms with E-state index in [0.29, 0.717) is 22.8 Å². The van der Waals surface area contributed by atoms with Crippen LogP contribution in [0.4, 0.5) is 5.69 Å². The Labute approximate surface area is 196 Å². The highest BCUT2D eigenvalue weighted by molar-refractivity contribution is 7.99. The minimum atomic E-state index is -0.0944. The number of anilines is 1. The lowest BCUT2D eigenvalue weighted by Gasteiger charge is -2.10. The van der Waals surface area contributed by atoms with Gasteiger partial charge in [-0.3, -0.25) is 9.78 Å². The van der Waals surface area contributed by atoms with Crippen LogP contribution in [0.3, 0.4) is 0 Å². The molecule has 0 radical (unpaired) electrons. The number of benzene rings is 2. The summed E-state index contributed by atoms with van der Waals surface area (Å²) in [5, 5.41) is 14.0. The van der Waals surface area contributed by atoms with Gasteiger partial charge in [0.25, 0.3) is 0 Å². The molecule has 4 rings (SSSR count). The molecule has 2 aromatic carbocycles. The molecule has 33 heavy (non-hydrogen) atoms. The fraction of sp³-hybridized carbons (Fsp3) is 0.154. The van der Waals surface area contributed by atoms with Crippen LogP contribution in [0.2, 0.25) is 0 Å². The number of carbonyl (C=O) groups is 1. The van der Waals surface area contributed by atoms with Crippen LogP contribution in [-0.2, 0) is 4.79 Å². The third kappa shape index (κ3) is 5.30. The number of aromatic nitrogens is 2. The van der Waals surface area contributed by atoms with E-state index in [-0.39, 0.29) is 5.91 Å². The lowest BCUT2D eigenvalue weighted by atomic mass is 10.1. The van der Waals surface area contributed by atoms with Crippen LogP contribution >= 0.6 is 11.8 Å². The number of thioether (sulfide) groups is 1. The predicted octanol–water partition coefficient (Wildman–Crippen LogP) is 5.61. The van der Waals surface area contributed by atoms with Crippen molar-refractivity contribution in [1.29, 1.82) is 5.26 Å². The predicted molar refractivity (Wildman–Crippen MR) is 131 cm³/mol. The van der Waals surface area contributed by atoms with Gasteiger partial charge in [-0.1, -0.05) is 18.2 Å². The molecular weight excluding hydrogens is 432 g/mol. The van der Waals surface area contributed by atoms with Gasteiger partial charge in [-0.15, -0.1) is 11.8 Å². The second kappa shape index (κ2) is 10.2. The number of para-hydroxylation sites is 1. The summed E-state index contributed by atoms with van der Waals surface area (Å²) in [5.74, 6) is 1.18. The van der Waals surface area contributed by atoms with Gasteiger partial charge in [-0.2, -0.15) is 5.26 Å². The smallest absolute Gasteiger partial charge is 0.225 e. The molecule has 4 aromatic rings. The van der Waals surface area contributed by atoms with Gasteiger partial charge >= 0.3 is 0 Å². The lowest BCUT2D eigenvalue weighted by Crippen LogP contribution is -2.13. The quantitative estimate of drug-likeness (QED) is 0.365. The normalized spacial score (nSPS) is 10.6. The monoisotopic (exact) mass is 454 g/mol. The Bertz CT molecular complexity index is 1350. The zero-order valence-electron chi connectivity index (χ0n) is 18.3. The number of nitrogens with one attached hydrogen (secondary N) is 1. The average Bonchev–Trinajstić information content (AvgIpc) is 2.84. The molecule has 164 valence electrons. The van der Waals surface area contributed by atoms with Crippen molar-refractivity contribution < 1.29 is 9.53 Å². The second-order valence-corrected chi connectivity index (χ2v) is 8.45. The number of fused-ring (bicyclic) bond motifs is 1. The van der Waals surface area contributed by atoms with Gasteiger partial charge in [0.05, 0.1) is 29.6 Å². The summed E-state index contributed by atoms with van der Waals surface area (Å²) in [7, 11) is 1.62. The third-order valence-corrected chi connectivity index (χ3v) is 6.05. The van der Waals surface area contributed by atoms with Crippen molar-refractivity contribution in [3.05, 3.63) is 78.0 Å². The largest absolute Gasteiger partial charge is 0.497 e. The number of amides is 1. The highest BCUT2D eigenvalue weighted by Gasteiger charge is 2.11. The van der Waals surface area contributed by atoms with Crippen LogP contribution in [0.1, 0.15) is 17.7 Å². The minimum absolute atomic E-state index is 0.0944. The molecule has 1 amide bonds. The van der Waals surface area contributed by atoms with Crippen molar-refractivity contribution in [1.82, 2.24) is 9.97 Å². The molecule has 0 spiro atoms. The molecule has 0 atom stereocenters. The van der Waals surface area contributed by atoms with Crippen molar-refractivity contribution in [2.24, 2.45) is 0 Å². The summed E-state index contributed by atoms with van der Waals surface area (Å²) in [6, 6.07) is 23.0. The molecular formula is C26H22N4O2S. The summed E-state index contributed by atoms with van der Waals surface area (Å²) in [5.41, 5.74) is 4.64. The third-order valence-electron chi connectivity index (χ3n) is 5.05. The molecule has 2 heterocycles. The van der Waals surface area contributed by atoms with Gasteiger partial charge in [0.2, 0.25) is 5.91 Å². The standard InChI is InChI=1S/C26H22N4O2S/c1-17-15-24(21-5-3-4-6-23(21)28-17)29-25(31)13-14-33-26-19(16-27)9-12-22(30-26)18-7-10-20(32-2)11-8-18/h3-12,15H,13-14H2,1-2H3,(H,28,29,31). The van der Waals surface area contributed by atoms with E-state index >= 15 is 0 Å². The first-order chi connectivity index (χ1) is 16.1. The number of ether oxygens (including phenoxy) is 1. The Morgan fingerprint density at radius 3 is 2.64 bits per heavy atom. The Hall–Kier alpha value is -3.89. The first-order valence-corrected chi connectivity index (χ1v) is 11.4. The fourth-order valence-electron chi connectivity index (χ4n) is 3.42. The summed E-state index contributed by atoms with van der Waals surface area (Å²) >= 11 is 1.40. The van der Waals surface area contributed by atoms with Crippen LogP contribution in [-0.4, -0.2) is 28.7 Å². The number of methoxy groups -OCH3 is 1. The molecule has 0 aliphatic rings. The fourth-order valence-corrected chi connectivity index (χ4v) is 4.34. The number of pyridine rings is 2. The van der Waals surface area contributed by atoms with E-state index in [1.165, 1.54) is 11.8 Å². The average molecular weight is 455 g/mol. The Kier molecular flexibility index (Phi) is 6.86. The van der Waals surface area contributed by atoms with Gasteiger partial charge < -0.3 is 10.1 Å². The molecule has 0 aliphatic heterocycles. The first-order valence-electron chi connectivity index (χ1n) is 10.4. The molecule has 0 bridgehead atoms. The molecule has 0 fully saturated rings. The Balaban J connectivity index is 1.44. The molecule has 0 saturated carbocycles. The van der Waals surface area contributed by atoms with Crippen LogP contribution in [0.15, 0.2) is 71.8 Å². The lowest BCUT2D eigenvalue weighted by molar-refractivity contribution is -0.115. The van der Waals surface area contributed by atoms with E-state index in [1.54, 1.807) is 13.2 Å². The number of hydrogen-bond acceptors (Lipinski definition) is 6. The Morgan fingerprint density at radius 2 is 1.88 bits per heavy atom. The number of aryl methyl sites for hydroxylation is 1. The zero-order chi connectivity index (χ0) is 23.2. The molecule has 0 saturated heterocycles. The van der Waals surface area contributed by atoms with E-state index in [2.05, 4.69) is 21.4 Å². The minimum Gasteiger partial charge on any atom is -0.497 e. The van der Waals surface area contributed by atoms with Gasteiger partial charge in [-0.05, 0) is 55.5 Å². The summed E-state index contributed by atoms with van der Waals surface area (Å²) < 4.78 is 5.20. The van der Waals surface area contributed by atoms with Crippen molar-refractivity contribution in [2.75, 3.05) is 18.2 Å². The van der Waals surface area contributed by atoms with Crippen molar-refractivity contribution in [2.45, 2.75) is 18.4 Å². The van der Waals surface area contributed by atoms with Gasteiger partial charge in [0, 0.05) is 28.8 Å².